The van der Waals surface area contributed by atoms with Crippen molar-refractivity contribution in [3.63, 3.8) is 0 Å². The minimum atomic E-state index is -1.18. The van der Waals surface area contributed by atoms with Crippen LogP contribution in [0.1, 0.15) is 15.9 Å². The molecule has 0 aliphatic rings. The molecule has 0 amide bonds. The van der Waals surface area contributed by atoms with E-state index >= 15 is 0 Å². The van der Waals surface area contributed by atoms with Gasteiger partial charge in [0.25, 0.3) is 0 Å². The van der Waals surface area contributed by atoms with Crippen molar-refractivity contribution in [2.75, 3.05) is 0 Å². The fraction of sp³-hybridized carbons (Fsp3) is 0. The smallest absolute Gasteiger partial charge is 0.201 e. The molecular weight excluding hydrogens is 328 g/mol. The standard InChI is InChI=1S/C13H5BrF4O/c14-6-3-10(17)12(11(18)4-6)13(19)8-2-1-7(15)5-9(8)16/h1-5H. The molecule has 0 heterocycles. The average Bonchev–Trinajstić information content (AvgIpc) is 2.26. The van der Waals surface area contributed by atoms with Crippen molar-refractivity contribution in [2.45, 2.75) is 0 Å². The molecule has 0 bridgehead atoms. The van der Waals surface area contributed by atoms with Crippen molar-refractivity contribution in [3.05, 3.63) is 69.2 Å². The number of benzene rings is 2. The molecule has 6 heteroatoms. The van der Waals surface area contributed by atoms with Crippen LogP contribution in [0.15, 0.2) is 34.8 Å². The Labute approximate surface area is 114 Å². The molecule has 1 nitrogen and oxygen atoms in total. The molecule has 0 saturated heterocycles. The molecule has 0 saturated carbocycles. The Morgan fingerprint density at radius 1 is 0.895 bits per heavy atom. The lowest BCUT2D eigenvalue weighted by molar-refractivity contribution is 0.102. The van der Waals surface area contributed by atoms with Gasteiger partial charge in [-0.2, -0.15) is 0 Å². The maximum Gasteiger partial charge on any atom is 0.201 e. The van der Waals surface area contributed by atoms with E-state index in [1.807, 2.05) is 0 Å². The number of carbonyl (C=O) groups excluding carboxylic acids is 1. The minimum absolute atomic E-state index is 0.110. The second-order valence-corrected chi connectivity index (χ2v) is 4.61. The Bertz CT molecular complexity index is 647. The average molecular weight is 333 g/mol. The summed E-state index contributed by atoms with van der Waals surface area (Å²) in [5, 5.41) is 0. The lowest BCUT2D eigenvalue weighted by atomic mass is 10.0. The van der Waals surface area contributed by atoms with Crippen molar-refractivity contribution < 1.29 is 22.4 Å². The molecule has 2 aromatic carbocycles. The summed E-state index contributed by atoms with van der Waals surface area (Å²) in [4.78, 5) is 11.9. The van der Waals surface area contributed by atoms with E-state index in [4.69, 9.17) is 0 Å². The molecule has 2 aromatic rings. The number of hydrogen-bond acceptors (Lipinski definition) is 1. The third kappa shape index (κ3) is 2.68. The topological polar surface area (TPSA) is 17.1 Å². The van der Waals surface area contributed by atoms with E-state index in [9.17, 15) is 22.4 Å². The maximum absolute atomic E-state index is 13.6. The van der Waals surface area contributed by atoms with Gasteiger partial charge in [0.15, 0.2) is 0 Å². The summed E-state index contributed by atoms with van der Waals surface area (Å²) in [7, 11) is 0. The predicted octanol–water partition coefficient (Wildman–Crippen LogP) is 4.24. The van der Waals surface area contributed by atoms with Crippen LogP contribution in [0.3, 0.4) is 0 Å². The molecule has 0 unspecified atom stereocenters. The first-order valence-corrected chi connectivity index (χ1v) is 5.83. The highest BCUT2D eigenvalue weighted by Crippen LogP contribution is 2.23. The zero-order valence-corrected chi connectivity index (χ0v) is 10.8. The highest BCUT2D eigenvalue weighted by molar-refractivity contribution is 9.10. The van der Waals surface area contributed by atoms with Gasteiger partial charge in [-0.05, 0) is 24.3 Å². The molecule has 0 N–H and O–H groups in total. The molecule has 0 atom stereocenters. The molecule has 0 aliphatic heterocycles. The van der Waals surface area contributed by atoms with Crippen LogP contribution in [0.5, 0.6) is 0 Å². The Kier molecular flexibility index (Phi) is 3.71. The minimum Gasteiger partial charge on any atom is -0.288 e. The van der Waals surface area contributed by atoms with E-state index in [-0.39, 0.29) is 4.47 Å². The Morgan fingerprint density at radius 2 is 1.47 bits per heavy atom. The normalized spacial score (nSPS) is 10.6. The van der Waals surface area contributed by atoms with Gasteiger partial charge in [-0.3, -0.25) is 4.79 Å². The van der Waals surface area contributed by atoms with Crippen LogP contribution in [0.25, 0.3) is 0 Å². The molecule has 2 rings (SSSR count). The summed E-state index contributed by atoms with van der Waals surface area (Å²) in [6.45, 7) is 0. The number of carbonyl (C=O) groups is 1. The van der Waals surface area contributed by atoms with Gasteiger partial charge in [0.05, 0.1) is 11.1 Å². The van der Waals surface area contributed by atoms with Crippen molar-refractivity contribution in [3.8, 4) is 0 Å². The van der Waals surface area contributed by atoms with Gasteiger partial charge in [-0.1, -0.05) is 15.9 Å². The third-order valence-electron chi connectivity index (χ3n) is 2.41. The van der Waals surface area contributed by atoms with Gasteiger partial charge < -0.3 is 0 Å². The van der Waals surface area contributed by atoms with E-state index < -0.39 is 40.2 Å². The van der Waals surface area contributed by atoms with Gasteiger partial charge in [0.1, 0.15) is 23.3 Å². The van der Waals surface area contributed by atoms with E-state index in [1.54, 1.807) is 0 Å². The predicted molar refractivity (Wildman–Crippen MR) is 63.8 cm³/mol. The van der Waals surface area contributed by atoms with Gasteiger partial charge in [-0.15, -0.1) is 0 Å². The number of halogens is 5. The van der Waals surface area contributed by atoms with E-state index in [0.29, 0.717) is 6.07 Å². The molecular formula is C13H5BrF4O. The molecule has 0 spiro atoms. The lowest BCUT2D eigenvalue weighted by Crippen LogP contribution is -2.10. The summed E-state index contributed by atoms with van der Waals surface area (Å²) < 4.78 is 53.4. The van der Waals surface area contributed by atoms with Crippen molar-refractivity contribution in [1.29, 1.82) is 0 Å². The van der Waals surface area contributed by atoms with Gasteiger partial charge in [0.2, 0.25) is 5.78 Å². The van der Waals surface area contributed by atoms with Crippen LogP contribution >= 0.6 is 15.9 Å². The van der Waals surface area contributed by atoms with Crippen LogP contribution in [-0.4, -0.2) is 5.78 Å². The Hall–Kier alpha value is -1.69. The largest absolute Gasteiger partial charge is 0.288 e. The summed E-state index contributed by atoms with van der Waals surface area (Å²) in [6.07, 6.45) is 0. The lowest BCUT2D eigenvalue weighted by Gasteiger charge is -2.06. The van der Waals surface area contributed by atoms with Crippen molar-refractivity contribution in [2.24, 2.45) is 0 Å². The third-order valence-corrected chi connectivity index (χ3v) is 2.87. The summed E-state index contributed by atoms with van der Waals surface area (Å²) in [5.41, 5.74) is -1.48. The monoisotopic (exact) mass is 332 g/mol. The second-order valence-electron chi connectivity index (χ2n) is 3.70. The van der Waals surface area contributed by atoms with Gasteiger partial charge >= 0.3 is 0 Å². The van der Waals surface area contributed by atoms with Crippen LogP contribution in [0, 0.1) is 23.3 Å². The fourth-order valence-corrected chi connectivity index (χ4v) is 1.97. The quantitative estimate of drug-likeness (QED) is 0.594. The van der Waals surface area contributed by atoms with Crippen LogP contribution < -0.4 is 0 Å². The molecule has 0 fully saturated rings. The van der Waals surface area contributed by atoms with Crippen molar-refractivity contribution >= 4 is 21.7 Å². The first-order chi connectivity index (χ1) is 8.90. The first-order valence-electron chi connectivity index (χ1n) is 5.04. The Balaban J connectivity index is 2.56. The number of ketones is 1. The van der Waals surface area contributed by atoms with Crippen LogP contribution in [0.2, 0.25) is 0 Å². The molecule has 0 aromatic heterocycles. The zero-order chi connectivity index (χ0) is 14.2. The molecule has 0 aliphatic carbocycles. The van der Waals surface area contributed by atoms with Crippen LogP contribution in [-0.2, 0) is 0 Å². The van der Waals surface area contributed by atoms with Crippen molar-refractivity contribution in [1.82, 2.24) is 0 Å². The molecule has 98 valence electrons. The summed E-state index contributed by atoms with van der Waals surface area (Å²) >= 11 is 2.86. The fourth-order valence-electron chi connectivity index (χ4n) is 1.57. The summed E-state index contributed by atoms with van der Waals surface area (Å²) in [6, 6.07) is 3.93. The number of rotatable bonds is 2. The first kappa shape index (κ1) is 13.7. The van der Waals surface area contributed by atoms with Crippen LogP contribution in [0.4, 0.5) is 17.6 Å². The Morgan fingerprint density at radius 3 is 2.00 bits per heavy atom. The van der Waals surface area contributed by atoms with E-state index in [1.165, 1.54) is 0 Å². The molecule has 19 heavy (non-hydrogen) atoms. The number of hydrogen-bond donors (Lipinski definition) is 0. The zero-order valence-electron chi connectivity index (χ0n) is 9.18. The SMILES string of the molecule is O=C(c1ccc(F)cc1F)c1c(F)cc(Br)cc1F. The maximum atomic E-state index is 13.6. The molecule has 0 radical (unpaired) electrons. The highest BCUT2D eigenvalue weighted by Gasteiger charge is 2.22. The van der Waals surface area contributed by atoms with Gasteiger partial charge in [0, 0.05) is 10.5 Å². The van der Waals surface area contributed by atoms with Gasteiger partial charge in [-0.25, -0.2) is 17.6 Å². The summed E-state index contributed by atoms with van der Waals surface area (Å²) in [5.74, 6) is -5.49. The van der Waals surface area contributed by atoms with E-state index in [2.05, 4.69) is 15.9 Å². The second kappa shape index (κ2) is 5.13. The van der Waals surface area contributed by atoms with E-state index in [0.717, 1.165) is 24.3 Å². The highest BCUT2D eigenvalue weighted by atomic mass is 79.9.